The summed E-state index contributed by atoms with van der Waals surface area (Å²) in [5.41, 5.74) is -0.184. The molecule has 1 amide bonds. The second-order valence-electron chi connectivity index (χ2n) is 6.22. The minimum atomic E-state index is -0.669. The third-order valence-electron chi connectivity index (χ3n) is 4.04. The molecule has 9 heteroatoms. The molecule has 0 spiro atoms. The summed E-state index contributed by atoms with van der Waals surface area (Å²) in [7, 11) is 3.68. The van der Waals surface area contributed by atoms with Crippen molar-refractivity contribution in [1.29, 1.82) is 0 Å². The van der Waals surface area contributed by atoms with E-state index in [0.29, 0.717) is 17.7 Å². The molecule has 1 aliphatic heterocycles. The van der Waals surface area contributed by atoms with E-state index in [1.54, 1.807) is 4.90 Å². The summed E-state index contributed by atoms with van der Waals surface area (Å²) in [5, 5.41) is 2.69. The normalized spacial score (nSPS) is 13.8. The fraction of sp³-hybridized carbons (Fsp3) is 0.412. The predicted octanol–water partition coefficient (Wildman–Crippen LogP) is 2.26. The maximum atomic E-state index is 13.9. The monoisotopic (exact) mass is 378 g/mol. The summed E-state index contributed by atoms with van der Waals surface area (Å²) in [6, 6.07) is 4.11. The van der Waals surface area contributed by atoms with E-state index in [0.717, 1.165) is 25.9 Å². The molecule has 2 heterocycles. The van der Waals surface area contributed by atoms with Crippen LogP contribution in [0.1, 0.15) is 29.0 Å². The van der Waals surface area contributed by atoms with Crippen molar-refractivity contribution < 1.29 is 9.18 Å². The quantitative estimate of drug-likeness (QED) is 0.860. The molecule has 0 radical (unpaired) electrons. The molecule has 1 aromatic carbocycles. The Balaban J connectivity index is 1.79. The number of aromatic nitrogens is 3. The fourth-order valence-electron chi connectivity index (χ4n) is 2.70. The Kier molecular flexibility index (Phi) is 5.51. The molecule has 7 nitrogen and oxygen atoms in total. The summed E-state index contributed by atoms with van der Waals surface area (Å²) in [6.07, 6.45) is 2.20. The maximum absolute atomic E-state index is 13.9. The molecule has 138 valence electrons. The second-order valence-corrected chi connectivity index (χ2v) is 6.63. The van der Waals surface area contributed by atoms with E-state index in [2.05, 4.69) is 25.2 Å². The van der Waals surface area contributed by atoms with Crippen LogP contribution in [-0.2, 0) is 6.54 Å². The van der Waals surface area contributed by atoms with Crippen LogP contribution in [0.5, 0.6) is 0 Å². The van der Waals surface area contributed by atoms with Gasteiger partial charge in [-0.05, 0) is 25.0 Å². The second kappa shape index (κ2) is 7.82. The van der Waals surface area contributed by atoms with Gasteiger partial charge in [-0.25, -0.2) is 4.39 Å². The van der Waals surface area contributed by atoms with Gasteiger partial charge in [-0.15, -0.1) is 0 Å². The van der Waals surface area contributed by atoms with E-state index in [-0.39, 0.29) is 17.1 Å². The summed E-state index contributed by atoms with van der Waals surface area (Å²) >= 11 is 5.93. The van der Waals surface area contributed by atoms with Crippen LogP contribution < -0.4 is 15.1 Å². The lowest BCUT2D eigenvalue weighted by atomic mass is 10.2. The molecular formula is C17H20ClFN6O. The Labute approximate surface area is 156 Å². The average molecular weight is 379 g/mol. The molecule has 3 rings (SSSR count). The molecule has 0 aliphatic carbocycles. The molecular weight excluding hydrogens is 359 g/mol. The van der Waals surface area contributed by atoms with Crippen molar-refractivity contribution in [2.45, 2.75) is 19.4 Å². The zero-order valence-electron chi connectivity index (χ0n) is 14.7. The van der Waals surface area contributed by atoms with Crippen molar-refractivity contribution in [2.24, 2.45) is 0 Å². The van der Waals surface area contributed by atoms with Crippen LogP contribution in [0.3, 0.4) is 0 Å². The summed E-state index contributed by atoms with van der Waals surface area (Å²) in [4.78, 5) is 29.4. The Hall–Kier alpha value is -2.48. The van der Waals surface area contributed by atoms with E-state index >= 15 is 0 Å². The molecule has 0 bridgehead atoms. The van der Waals surface area contributed by atoms with Gasteiger partial charge in [-0.2, -0.15) is 15.0 Å². The minimum Gasteiger partial charge on any atom is -0.347 e. The van der Waals surface area contributed by atoms with Crippen LogP contribution in [0.25, 0.3) is 0 Å². The molecule has 1 fully saturated rings. The van der Waals surface area contributed by atoms with E-state index < -0.39 is 11.7 Å². The summed E-state index contributed by atoms with van der Waals surface area (Å²) in [5.74, 6) is 0.232. The number of rotatable bonds is 5. The summed E-state index contributed by atoms with van der Waals surface area (Å²) in [6.45, 7) is 1.84. The number of hydrogen-bond acceptors (Lipinski definition) is 6. The lowest BCUT2D eigenvalue weighted by molar-refractivity contribution is 0.0946. The lowest BCUT2D eigenvalue weighted by Gasteiger charge is -2.19. The molecule has 1 aliphatic rings. The lowest BCUT2D eigenvalue weighted by Crippen LogP contribution is -2.28. The highest BCUT2D eigenvalue weighted by Crippen LogP contribution is 2.20. The van der Waals surface area contributed by atoms with Crippen molar-refractivity contribution in [3.63, 3.8) is 0 Å². The number of halogens is 2. The van der Waals surface area contributed by atoms with Gasteiger partial charge in [0, 0.05) is 27.2 Å². The molecule has 1 N–H and O–H groups in total. The van der Waals surface area contributed by atoms with Gasteiger partial charge in [0.15, 0.2) is 5.82 Å². The Morgan fingerprint density at radius 2 is 2.00 bits per heavy atom. The van der Waals surface area contributed by atoms with Gasteiger partial charge in [-0.3, -0.25) is 4.79 Å². The molecule has 26 heavy (non-hydrogen) atoms. The zero-order valence-corrected chi connectivity index (χ0v) is 15.4. The number of anilines is 2. The number of carbonyl (C=O) groups excluding carboxylic acids is 1. The topological polar surface area (TPSA) is 74.2 Å². The number of nitrogens with zero attached hydrogens (tertiary/aromatic N) is 5. The van der Waals surface area contributed by atoms with Crippen molar-refractivity contribution in [3.8, 4) is 0 Å². The SMILES string of the molecule is CN(C)c1nc(CNC(=O)c2c(F)cccc2Cl)nc(N2CCCC2)n1. The van der Waals surface area contributed by atoms with Crippen LogP contribution in [-0.4, -0.2) is 48.0 Å². The standard InChI is InChI=1S/C17H20ClFN6O/c1-24(2)16-21-13(22-17(23-16)25-8-3-4-9-25)10-20-15(26)14-11(18)6-5-7-12(14)19/h5-7H,3-4,8-10H2,1-2H3,(H,20,26). The maximum Gasteiger partial charge on any atom is 0.256 e. The number of carbonyl (C=O) groups is 1. The number of benzene rings is 1. The fourth-order valence-corrected chi connectivity index (χ4v) is 2.94. The van der Waals surface area contributed by atoms with Gasteiger partial charge in [0.25, 0.3) is 5.91 Å². The van der Waals surface area contributed by atoms with Crippen molar-refractivity contribution in [1.82, 2.24) is 20.3 Å². The highest BCUT2D eigenvalue weighted by molar-refractivity contribution is 6.33. The van der Waals surface area contributed by atoms with Crippen LogP contribution in [0.2, 0.25) is 5.02 Å². The zero-order chi connectivity index (χ0) is 18.7. The van der Waals surface area contributed by atoms with Crippen molar-refractivity contribution in [2.75, 3.05) is 37.0 Å². The smallest absolute Gasteiger partial charge is 0.256 e. The summed E-state index contributed by atoms with van der Waals surface area (Å²) < 4.78 is 13.9. The van der Waals surface area contributed by atoms with Crippen molar-refractivity contribution >= 4 is 29.4 Å². The molecule has 1 aromatic heterocycles. The highest BCUT2D eigenvalue weighted by atomic mass is 35.5. The molecule has 0 saturated carbocycles. The van der Waals surface area contributed by atoms with E-state index in [9.17, 15) is 9.18 Å². The molecule has 2 aromatic rings. The highest BCUT2D eigenvalue weighted by Gasteiger charge is 2.19. The molecule has 1 saturated heterocycles. The van der Waals surface area contributed by atoms with Gasteiger partial charge in [-0.1, -0.05) is 17.7 Å². The third kappa shape index (κ3) is 4.01. The number of amides is 1. The first-order valence-corrected chi connectivity index (χ1v) is 8.73. The predicted molar refractivity (Wildman–Crippen MR) is 98.2 cm³/mol. The third-order valence-corrected chi connectivity index (χ3v) is 4.36. The van der Waals surface area contributed by atoms with E-state index in [1.165, 1.54) is 18.2 Å². The van der Waals surface area contributed by atoms with Crippen molar-refractivity contribution in [3.05, 3.63) is 40.4 Å². The molecule has 0 atom stereocenters. The van der Waals surface area contributed by atoms with Gasteiger partial charge in [0.2, 0.25) is 11.9 Å². The van der Waals surface area contributed by atoms with E-state index in [1.807, 2.05) is 14.1 Å². The Bertz CT molecular complexity index is 790. The molecule has 0 unspecified atom stereocenters. The van der Waals surface area contributed by atoms with E-state index in [4.69, 9.17) is 11.6 Å². The first-order chi connectivity index (χ1) is 12.5. The first kappa shape index (κ1) is 18.3. The van der Waals surface area contributed by atoms with Gasteiger partial charge in [0.1, 0.15) is 5.82 Å². The van der Waals surface area contributed by atoms with Gasteiger partial charge < -0.3 is 15.1 Å². The van der Waals surface area contributed by atoms with Crippen LogP contribution in [0, 0.1) is 5.82 Å². The van der Waals surface area contributed by atoms with Crippen LogP contribution in [0.15, 0.2) is 18.2 Å². The van der Waals surface area contributed by atoms with Gasteiger partial charge in [0.05, 0.1) is 17.1 Å². The van der Waals surface area contributed by atoms with Crippen LogP contribution in [0.4, 0.5) is 16.3 Å². The Morgan fingerprint density at radius 1 is 1.27 bits per heavy atom. The largest absolute Gasteiger partial charge is 0.347 e. The number of nitrogens with one attached hydrogen (secondary N) is 1. The van der Waals surface area contributed by atoms with Crippen LogP contribution >= 0.6 is 11.6 Å². The average Bonchev–Trinajstić information content (AvgIpc) is 3.14. The number of hydrogen-bond donors (Lipinski definition) is 1. The van der Waals surface area contributed by atoms with Gasteiger partial charge >= 0.3 is 0 Å². The Morgan fingerprint density at radius 3 is 2.65 bits per heavy atom. The first-order valence-electron chi connectivity index (χ1n) is 8.35. The minimum absolute atomic E-state index is 0.0493.